The van der Waals surface area contributed by atoms with Gasteiger partial charge in [0, 0.05) is 12.6 Å². The van der Waals surface area contributed by atoms with Crippen LogP contribution in [0.25, 0.3) is 0 Å². The van der Waals surface area contributed by atoms with Gasteiger partial charge in [-0.25, -0.2) is 0 Å². The van der Waals surface area contributed by atoms with Gasteiger partial charge in [0.05, 0.1) is 13.7 Å². The van der Waals surface area contributed by atoms with Crippen LogP contribution in [-0.2, 0) is 0 Å². The van der Waals surface area contributed by atoms with Crippen LogP contribution in [0.15, 0.2) is 18.2 Å². The Morgan fingerprint density at radius 2 is 2.12 bits per heavy atom. The maximum Gasteiger partial charge on any atom is 0.161 e. The summed E-state index contributed by atoms with van der Waals surface area (Å²) in [6.07, 6.45) is 0. The number of rotatable bonds is 6. The third kappa shape index (κ3) is 3.10. The second-order valence-electron chi connectivity index (χ2n) is 3.32. The fourth-order valence-corrected chi connectivity index (χ4v) is 1.33. The van der Waals surface area contributed by atoms with E-state index in [9.17, 15) is 0 Å². The van der Waals surface area contributed by atoms with Crippen molar-refractivity contribution in [3.8, 4) is 11.5 Å². The van der Waals surface area contributed by atoms with Gasteiger partial charge in [-0.05, 0) is 17.7 Å². The third-order valence-electron chi connectivity index (χ3n) is 2.22. The average molecular weight is 226 g/mol. The number of aliphatic hydroxyl groups is 1. The molecule has 0 aliphatic rings. The summed E-state index contributed by atoms with van der Waals surface area (Å²) in [4.78, 5) is 0. The molecule has 1 atom stereocenters. The van der Waals surface area contributed by atoms with Gasteiger partial charge in [-0.1, -0.05) is 6.07 Å². The molecule has 0 aromatic heterocycles. The fraction of sp³-hybridized carbons (Fsp3) is 0.455. The molecule has 0 unspecified atom stereocenters. The summed E-state index contributed by atoms with van der Waals surface area (Å²) in [5.74, 6) is 1.18. The van der Waals surface area contributed by atoms with Crippen molar-refractivity contribution in [3.05, 3.63) is 23.8 Å². The molecule has 0 radical (unpaired) electrons. The molecule has 0 heterocycles. The minimum absolute atomic E-state index is 0.0345. The minimum Gasteiger partial charge on any atom is -0.493 e. The van der Waals surface area contributed by atoms with Crippen LogP contribution < -0.4 is 20.9 Å². The van der Waals surface area contributed by atoms with Crippen LogP contribution in [0.2, 0.25) is 0 Å². The van der Waals surface area contributed by atoms with Gasteiger partial charge in [0.15, 0.2) is 11.5 Å². The highest BCUT2D eigenvalue weighted by molar-refractivity contribution is 5.43. The average Bonchev–Trinajstić information content (AvgIpc) is 2.35. The Morgan fingerprint density at radius 1 is 1.38 bits per heavy atom. The van der Waals surface area contributed by atoms with Crippen molar-refractivity contribution in [1.29, 1.82) is 0 Å². The van der Waals surface area contributed by atoms with Crippen LogP contribution in [0.1, 0.15) is 11.6 Å². The molecule has 0 aliphatic carbocycles. The molecular formula is C11H18N2O3. The maximum absolute atomic E-state index is 8.67. The van der Waals surface area contributed by atoms with Crippen LogP contribution in [0, 0.1) is 0 Å². The topological polar surface area (TPSA) is 90.7 Å². The predicted molar refractivity (Wildman–Crippen MR) is 61.6 cm³/mol. The maximum atomic E-state index is 8.67. The fourth-order valence-electron chi connectivity index (χ4n) is 1.33. The summed E-state index contributed by atoms with van der Waals surface area (Å²) in [5.41, 5.74) is 12.2. The van der Waals surface area contributed by atoms with Crippen molar-refractivity contribution < 1.29 is 14.6 Å². The standard InChI is InChI=1S/C11H18N2O3/c1-15-11-6-8(9(13)7-12)2-3-10(11)16-5-4-14/h2-3,6,9,14H,4-5,7,12-13H2,1H3/t9-/m1/s1. The predicted octanol–water partition coefficient (Wildman–Crippen LogP) is 0.0248. The molecule has 16 heavy (non-hydrogen) atoms. The lowest BCUT2D eigenvalue weighted by Gasteiger charge is -2.14. The van der Waals surface area contributed by atoms with Gasteiger partial charge < -0.3 is 26.0 Å². The highest BCUT2D eigenvalue weighted by Gasteiger charge is 2.09. The Kier molecular flexibility index (Phi) is 5.04. The number of aliphatic hydroxyl groups excluding tert-OH is 1. The van der Waals surface area contributed by atoms with Crippen LogP contribution in [-0.4, -0.2) is 32.0 Å². The summed E-state index contributed by atoms with van der Waals surface area (Å²) >= 11 is 0. The number of methoxy groups -OCH3 is 1. The molecule has 5 N–H and O–H groups in total. The number of ether oxygens (including phenoxy) is 2. The molecule has 0 amide bonds. The largest absolute Gasteiger partial charge is 0.493 e. The molecule has 90 valence electrons. The molecule has 0 saturated carbocycles. The Morgan fingerprint density at radius 3 is 2.69 bits per heavy atom. The Labute approximate surface area is 95.0 Å². The molecule has 1 aromatic rings. The van der Waals surface area contributed by atoms with Gasteiger partial charge in [0.25, 0.3) is 0 Å². The molecule has 5 heteroatoms. The summed E-state index contributed by atoms with van der Waals surface area (Å²) < 4.78 is 10.5. The first-order valence-electron chi connectivity index (χ1n) is 5.10. The monoisotopic (exact) mass is 226 g/mol. The number of nitrogens with two attached hydrogens (primary N) is 2. The van der Waals surface area contributed by atoms with E-state index in [2.05, 4.69) is 0 Å². The second-order valence-corrected chi connectivity index (χ2v) is 3.32. The van der Waals surface area contributed by atoms with Gasteiger partial charge in [0.1, 0.15) is 6.61 Å². The van der Waals surface area contributed by atoms with E-state index in [-0.39, 0.29) is 19.3 Å². The first-order chi connectivity index (χ1) is 7.72. The minimum atomic E-state index is -0.208. The quantitative estimate of drug-likeness (QED) is 0.636. The van der Waals surface area contributed by atoms with Crippen molar-refractivity contribution in [2.75, 3.05) is 26.9 Å². The Balaban J connectivity index is 2.88. The molecule has 0 spiro atoms. The first-order valence-corrected chi connectivity index (χ1v) is 5.10. The van der Waals surface area contributed by atoms with E-state index in [1.807, 2.05) is 6.07 Å². The lowest BCUT2D eigenvalue weighted by molar-refractivity contribution is 0.196. The molecule has 1 aromatic carbocycles. The summed E-state index contributed by atoms with van der Waals surface area (Å²) in [6, 6.07) is 5.19. The zero-order valence-corrected chi connectivity index (χ0v) is 9.35. The highest BCUT2D eigenvalue weighted by Crippen LogP contribution is 2.29. The van der Waals surface area contributed by atoms with Crippen molar-refractivity contribution in [2.45, 2.75) is 6.04 Å². The molecule has 0 saturated heterocycles. The third-order valence-corrected chi connectivity index (χ3v) is 2.22. The van der Waals surface area contributed by atoms with E-state index < -0.39 is 0 Å². The molecule has 0 aliphatic heterocycles. The summed E-state index contributed by atoms with van der Waals surface area (Å²) in [7, 11) is 1.55. The summed E-state index contributed by atoms with van der Waals surface area (Å²) in [6.45, 7) is 0.575. The van der Waals surface area contributed by atoms with Gasteiger partial charge in [-0.2, -0.15) is 0 Å². The van der Waals surface area contributed by atoms with E-state index in [0.29, 0.717) is 18.0 Å². The Hall–Kier alpha value is -1.30. The van der Waals surface area contributed by atoms with Crippen LogP contribution in [0.5, 0.6) is 11.5 Å². The molecule has 1 rings (SSSR count). The van der Waals surface area contributed by atoms with Gasteiger partial charge in [-0.15, -0.1) is 0 Å². The number of hydrogen-bond donors (Lipinski definition) is 3. The SMILES string of the molecule is COc1cc([C@H](N)CN)ccc1OCCO. The number of hydrogen-bond acceptors (Lipinski definition) is 5. The smallest absolute Gasteiger partial charge is 0.161 e. The molecule has 0 fully saturated rings. The van der Waals surface area contributed by atoms with Gasteiger partial charge in [0.2, 0.25) is 0 Å². The van der Waals surface area contributed by atoms with E-state index >= 15 is 0 Å². The Bertz CT molecular complexity index is 331. The lowest BCUT2D eigenvalue weighted by Crippen LogP contribution is -2.20. The molecule has 5 nitrogen and oxygen atoms in total. The lowest BCUT2D eigenvalue weighted by atomic mass is 10.1. The zero-order chi connectivity index (χ0) is 12.0. The summed E-state index contributed by atoms with van der Waals surface area (Å²) in [5, 5.41) is 8.67. The van der Waals surface area contributed by atoms with E-state index in [1.165, 1.54) is 0 Å². The van der Waals surface area contributed by atoms with Gasteiger partial charge in [-0.3, -0.25) is 0 Å². The number of benzene rings is 1. The zero-order valence-electron chi connectivity index (χ0n) is 9.35. The normalized spacial score (nSPS) is 12.2. The molecule has 0 bridgehead atoms. The van der Waals surface area contributed by atoms with Crippen LogP contribution in [0.3, 0.4) is 0 Å². The molecular weight excluding hydrogens is 208 g/mol. The van der Waals surface area contributed by atoms with E-state index in [0.717, 1.165) is 5.56 Å². The van der Waals surface area contributed by atoms with Crippen molar-refractivity contribution in [2.24, 2.45) is 11.5 Å². The van der Waals surface area contributed by atoms with Crippen molar-refractivity contribution >= 4 is 0 Å². The van der Waals surface area contributed by atoms with E-state index in [4.69, 9.17) is 26.0 Å². The highest BCUT2D eigenvalue weighted by atomic mass is 16.5. The first kappa shape index (κ1) is 12.8. The van der Waals surface area contributed by atoms with E-state index in [1.54, 1.807) is 19.2 Å². The van der Waals surface area contributed by atoms with Gasteiger partial charge >= 0.3 is 0 Å². The van der Waals surface area contributed by atoms with Crippen molar-refractivity contribution in [3.63, 3.8) is 0 Å². The van der Waals surface area contributed by atoms with Crippen molar-refractivity contribution in [1.82, 2.24) is 0 Å². The van der Waals surface area contributed by atoms with Crippen LogP contribution >= 0.6 is 0 Å². The second kappa shape index (κ2) is 6.32. The van der Waals surface area contributed by atoms with Crippen LogP contribution in [0.4, 0.5) is 0 Å².